The first-order valence-corrected chi connectivity index (χ1v) is 9.59. The molecule has 0 heterocycles. The highest BCUT2D eigenvalue weighted by Gasteiger charge is 2.18. The average Bonchev–Trinajstić information content (AvgIpc) is 2.70. The minimum absolute atomic E-state index is 0.628. The standard InChI is InChI=1S/C23H30O3/c1-4-16-24-21-15-11-10-14-20(21)23(26-18-6-3)22(25-17-5-2)19-12-8-7-9-13-19/h7-15H,4-6,16-18H2,1-3H3. The molecule has 0 saturated carbocycles. The zero-order valence-electron chi connectivity index (χ0n) is 16.2. The number of hydrogen-bond donors (Lipinski definition) is 0. The molecule has 0 spiro atoms. The van der Waals surface area contributed by atoms with Gasteiger partial charge in [0.15, 0.2) is 11.5 Å². The highest BCUT2D eigenvalue weighted by Crippen LogP contribution is 2.34. The molecule has 2 rings (SSSR count). The fourth-order valence-corrected chi connectivity index (χ4v) is 2.54. The molecule has 2 aromatic carbocycles. The van der Waals surface area contributed by atoms with Gasteiger partial charge in [0.2, 0.25) is 0 Å². The number of benzene rings is 2. The van der Waals surface area contributed by atoms with Crippen LogP contribution in [-0.4, -0.2) is 19.8 Å². The quantitative estimate of drug-likeness (QED) is 0.357. The second-order valence-corrected chi connectivity index (χ2v) is 6.07. The predicted molar refractivity (Wildman–Crippen MR) is 108 cm³/mol. The van der Waals surface area contributed by atoms with Gasteiger partial charge in [-0.2, -0.15) is 0 Å². The van der Waals surface area contributed by atoms with Gasteiger partial charge in [0.05, 0.1) is 25.4 Å². The van der Waals surface area contributed by atoms with Crippen molar-refractivity contribution in [3.63, 3.8) is 0 Å². The summed E-state index contributed by atoms with van der Waals surface area (Å²) >= 11 is 0. The van der Waals surface area contributed by atoms with Crippen LogP contribution in [0.2, 0.25) is 0 Å². The first-order valence-electron chi connectivity index (χ1n) is 9.59. The SMILES string of the molecule is CCCOC(=C(OCCC)c1ccccc1OCCC)c1ccccc1. The fraction of sp³-hybridized carbons (Fsp3) is 0.391. The van der Waals surface area contributed by atoms with Gasteiger partial charge >= 0.3 is 0 Å². The van der Waals surface area contributed by atoms with Gasteiger partial charge in [0.25, 0.3) is 0 Å². The maximum absolute atomic E-state index is 6.19. The van der Waals surface area contributed by atoms with E-state index in [0.29, 0.717) is 19.8 Å². The summed E-state index contributed by atoms with van der Waals surface area (Å²) in [4.78, 5) is 0. The van der Waals surface area contributed by atoms with Crippen molar-refractivity contribution in [2.24, 2.45) is 0 Å². The van der Waals surface area contributed by atoms with Gasteiger partial charge < -0.3 is 14.2 Å². The molecular weight excluding hydrogens is 324 g/mol. The van der Waals surface area contributed by atoms with Crippen molar-refractivity contribution >= 4 is 11.5 Å². The molecule has 0 bridgehead atoms. The molecule has 0 aliphatic carbocycles. The van der Waals surface area contributed by atoms with E-state index in [1.807, 2.05) is 42.5 Å². The summed E-state index contributed by atoms with van der Waals surface area (Å²) in [6.45, 7) is 8.26. The Morgan fingerprint density at radius 2 is 1.23 bits per heavy atom. The highest BCUT2D eigenvalue weighted by molar-refractivity contribution is 5.86. The molecule has 0 N–H and O–H groups in total. The lowest BCUT2D eigenvalue weighted by Gasteiger charge is -2.19. The van der Waals surface area contributed by atoms with Crippen molar-refractivity contribution in [3.8, 4) is 5.75 Å². The number of hydrogen-bond acceptors (Lipinski definition) is 3. The lowest BCUT2D eigenvalue weighted by atomic mass is 10.1. The van der Waals surface area contributed by atoms with Crippen molar-refractivity contribution in [2.45, 2.75) is 40.0 Å². The molecule has 0 aromatic heterocycles. The summed E-state index contributed by atoms with van der Waals surface area (Å²) in [5.74, 6) is 2.35. The summed E-state index contributed by atoms with van der Waals surface area (Å²) in [7, 11) is 0. The zero-order chi connectivity index (χ0) is 18.6. The van der Waals surface area contributed by atoms with Gasteiger partial charge in [0.1, 0.15) is 5.75 Å². The number of para-hydroxylation sites is 1. The van der Waals surface area contributed by atoms with Crippen molar-refractivity contribution in [2.75, 3.05) is 19.8 Å². The molecule has 0 aliphatic heterocycles. The normalized spacial score (nSPS) is 11.7. The van der Waals surface area contributed by atoms with Gasteiger partial charge in [-0.15, -0.1) is 0 Å². The lowest BCUT2D eigenvalue weighted by molar-refractivity contribution is 0.240. The molecule has 0 saturated heterocycles. The third kappa shape index (κ3) is 5.55. The van der Waals surface area contributed by atoms with Crippen LogP contribution in [-0.2, 0) is 9.47 Å². The van der Waals surface area contributed by atoms with Crippen LogP contribution >= 0.6 is 0 Å². The van der Waals surface area contributed by atoms with Crippen LogP contribution in [0.1, 0.15) is 51.2 Å². The zero-order valence-corrected chi connectivity index (χ0v) is 16.2. The largest absolute Gasteiger partial charge is 0.493 e. The van der Waals surface area contributed by atoms with E-state index in [-0.39, 0.29) is 0 Å². The predicted octanol–water partition coefficient (Wildman–Crippen LogP) is 6.15. The average molecular weight is 354 g/mol. The van der Waals surface area contributed by atoms with E-state index < -0.39 is 0 Å². The van der Waals surface area contributed by atoms with E-state index in [1.165, 1.54) is 0 Å². The topological polar surface area (TPSA) is 27.7 Å². The van der Waals surface area contributed by atoms with Gasteiger partial charge in [-0.25, -0.2) is 0 Å². The monoisotopic (exact) mass is 354 g/mol. The summed E-state index contributed by atoms with van der Waals surface area (Å²) in [5.41, 5.74) is 1.95. The van der Waals surface area contributed by atoms with Crippen molar-refractivity contribution in [1.29, 1.82) is 0 Å². The van der Waals surface area contributed by atoms with Crippen LogP contribution in [0.4, 0.5) is 0 Å². The van der Waals surface area contributed by atoms with E-state index >= 15 is 0 Å². The Kier molecular flexibility index (Phi) is 8.61. The highest BCUT2D eigenvalue weighted by atomic mass is 16.5. The van der Waals surface area contributed by atoms with E-state index in [1.54, 1.807) is 0 Å². The van der Waals surface area contributed by atoms with Crippen molar-refractivity contribution < 1.29 is 14.2 Å². The van der Waals surface area contributed by atoms with Crippen molar-refractivity contribution in [3.05, 3.63) is 65.7 Å². The Labute approximate surface area is 157 Å². The van der Waals surface area contributed by atoms with Crippen LogP contribution in [0, 0.1) is 0 Å². The van der Waals surface area contributed by atoms with Gasteiger partial charge in [-0.05, 0) is 31.4 Å². The third-order valence-corrected chi connectivity index (χ3v) is 3.74. The first kappa shape index (κ1) is 19.9. The molecule has 3 nitrogen and oxygen atoms in total. The van der Waals surface area contributed by atoms with Crippen LogP contribution in [0.3, 0.4) is 0 Å². The summed E-state index contributed by atoms with van der Waals surface area (Å²) in [5, 5.41) is 0. The Balaban J connectivity index is 2.56. The van der Waals surface area contributed by atoms with Crippen LogP contribution in [0.15, 0.2) is 54.6 Å². The molecule has 0 amide bonds. The van der Waals surface area contributed by atoms with Gasteiger partial charge in [0, 0.05) is 5.56 Å². The minimum atomic E-state index is 0.628. The fourth-order valence-electron chi connectivity index (χ4n) is 2.54. The Morgan fingerprint density at radius 1 is 0.654 bits per heavy atom. The Hall–Kier alpha value is -2.42. The maximum atomic E-state index is 6.19. The second-order valence-electron chi connectivity index (χ2n) is 6.07. The Bertz CT molecular complexity index is 677. The van der Waals surface area contributed by atoms with E-state index in [4.69, 9.17) is 14.2 Å². The smallest absolute Gasteiger partial charge is 0.172 e. The third-order valence-electron chi connectivity index (χ3n) is 3.74. The molecule has 0 fully saturated rings. The summed E-state index contributed by atoms with van der Waals surface area (Å²) in [6.07, 6.45) is 2.82. The molecular formula is C23H30O3. The first-order chi connectivity index (χ1) is 12.8. The lowest BCUT2D eigenvalue weighted by Crippen LogP contribution is -2.05. The molecule has 0 aliphatic rings. The Morgan fingerprint density at radius 3 is 1.88 bits per heavy atom. The molecule has 3 heteroatoms. The van der Waals surface area contributed by atoms with Crippen molar-refractivity contribution in [1.82, 2.24) is 0 Å². The molecule has 0 radical (unpaired) electrons. The van der Waals surface area contributed by atoms with Crippen LogP contribution < -0.4 is 4.74 Å². The second kappa shape index (κ2) is 11.2. The van der Waals surface area contributed by atoms with Gasteiger partial charge in [-0.3, -0.25) is 0 Å². The maximum Gasteiger partial charge on any atom is 0.172 e. The summed E-state index contributed by atoms with van der Waals surface area (Å²) < 4.78 is 18.3. The van der Waals surface area contributed by atoms with Crippen LogP contribution in [0.5, 0.6) is 5.75 Å². The molecule has 0 unspecified atom stereocenters. The van der Waals surface area contributed by atoms with E-state index in [0.717, 1.165) is 47.7 Å². The molecule has 0 atom stereocenters. The number of rotatable bonds is 11. The van der Waals surface area contributed by atoms with Gasteiger partial charge in [-0.1, -0.05) is 63.2 Å². The van der Waals surface area contributed by atoms with E-state index in [9.17, 15) is 0 Å². The minimum Gasteiger partial charge on any atom is -0.493 e. The molecule has 2 aromatic rings. The summed E-state index contributed by atoms with van der Waals surface area (Å²) in [6, 6.07) is 18.2. The van der Waals surface area contributed by atoms with E-state index in [2.05, 4.69) is 32.9 Å². The molecule has 140 valence electrons. The number of ether oxygens (including phenoxy) is 3. The molecule has 26 heavy (non-hydrogen) atoms. The van der Waals surface area contributed by atoms with Crippen LogP contribution in [0.25, 0.3) is 11.5 Å².